The third kappa shape index (κ3) is 6.74. The van der Waals surface area contributed by atoms with E-state index in [4.69, 9.17) is 4.74 Å². The number of hydrogen-bond donors (Lipinski definition) is 2. The summed E-state index contributed by atoms with van der Waals surface area (Å²) in [5, 5.41) is 2.51. The summed E-state index contributed by atoms with van der Waals surface area (Å²) in [5.74, 6) is 0.412. The summed E-state index contributed by atoms with van der Waals surface area (Å²) < 4.78 is 32.7. The van der Waals surface area contributed by atoms with E-state index in [1.54, 1.807) is 25.3 Å². The van der Waals surface area contributed by atoms with Gasteiger partial charge in [-0.15, -0.1) is 0 Å². The molecule has 1 atom stereocenters. The maximum absolute atomic E-state index is 12.5. The molecule has 2 N–H and O–H groups in total. The third-order valence-corrected chi connectivity index (χ3v) is 7.34. The number of ether oxygens (including phenoxy) is 1. The van der Waals surface area contributed by atoms with Gasteiger partial charge in [-0.1, -0.05) is 20.3 Å². The molecule has 1 aromatic rings. The summed E-state index contributed by atoms with van der Waals surface area (Å²) in [4.78, 5) is 16.7. The van der Waals surface area contributed by atoms with Crippen LogP contribution in [0.5, 0.6) is 5.88 Å². The SMILES string of the molecule is CCCCOc1ccc(NC(=O)C2CCC(NS(=O)(=O)C(C)CC)CC2)cn1. The Balaban J connectivity index is 1.79. The van der Waals surface area contributed by atoms with Crippen LogP contribution >= 0.6 is 0 Å². The summed E-state index contributed by atoms with van der Waals surface area (Å²) in [6.07, 6.45) is 6.93. The summed E-state index contributed by atoms with van der Waals surface area (Å²) in [7, 11) is -3.28. The second kappa shape index (κ2) is 10.8. The monoisotopic (exact) mass is 411 g/mol. The quantitative estimate of drug-likeness (QED) is 0.575. The smallest absolute Gasteiger partial charge is 0.227 e. The summed E-state index contributed by atoms with van der Waals surface area (Å²) >= 11 is 0. The van der Waals surface area contributed by atoms with Crippen LogP contribution in [0.15, 0.2) is 18.3 Å². The molecule has 28 heavy (non-hydrogen) atoms. The number of nitrogens with one attached hydrogen (secondary N) is 2. The lowest BCUT2D eigenvalue weighted by Crippen LogP contribution is -2.42. The molecule has 1 fully saturated rings. The van der Waals surface area contributed by atoms with Crippen molar-refractivity contribution in [3.8, 4) is 5.88 Å². The molecule has 1 amide bonds. The van der Waals surface area contributed by atoms with Gasteiger partial charge >= 0.3 is 0 Å². The molecule has 2 rings (SSSR count). The minimum Gasteiger partial charge on any atom is -0.478 e. The highest BCUT2D eigenvalue weighted by Crippen LogP contribution is 2.26. The van der Waals surface area contributed by atoms with Gasteiger partial charge in [0.25, 0.3) is 0 Å². The predicted molar refractivity (Wildman–Crippen MR) is 111 cm³/mol. The predicted octanol–water partition coefficient (Wildman–Crippen LogP) is 3.48. The molecule has 1 unspecified atom stereocenters. The van der Waals surface area contributed by atoms with E-state index < -0.39 is 15.3 Å². The maximum Gasteiger partial charge on any atom is 0.227 e. The molecular weight excluding hydrogens is 378 g/mol. The van der Waals surface area contributed by atoms with Gasteiger partial charge in [-0.25, -0.2) is 18.1 Å². The van der Waals surface area contributed by atoms with E-state index in [0.29, 0.717) is 50.3 Å². The van der Waals surface area contributed by atoms with Crippen LogP contribution in [0, 0.1) is 5.92 Å². The number of nitrogens with zero attached hydrogens (tertiary/aromatic N) is 1. The fourth-order valence-corrected chi connectivity index (χ4v) is 4.52. The van der Waals surface area contributed by atoms with Crippen molar-refractivity contribution in [1.29, 1.82) is 0 Å². The van der Waals surface area contributed by atoms with Gasteiger partial charge in [-0.05, 0) is 51.5 Å². The van der Waals surface area contributed by atoms with Crippen molar-refractivity contribution < 1.29 is 17.9 Å². The minimum absolute atomic E-state index is 0.0373. The number of carbonyl (C=O) groups is 1. The number of anilines is 1. The molecule has 0 radical (unpaired) electrons. The van der Waals surface area contributed by atoms with Crippen LogP contribution in [0.1, 0.15) is 65.7 Å². The molecule has 1 heterocycles. The van der Waals surface area contributed by atoms with Crippen LogP contribution in [0.4, 0.5) is 5.69 Å². The fraction of sp³-hybridized carbons (Fsp3) is 0.700. The molecule has 0 spiro atoms. The van der Waals surface area contributed by atoms with Crippen LogP contribution in [-0.4, -0.2) is 37.2 Å². The van der Waals surface area contributed by atoms with Crippen molar-refractivity contribution in [1.82, 2.24) is 9.71 Å². The summed E-state index contributed by atoms with van der Waals surface area (Å²) in [5.41, 5.74) is 0.646. The first-order valence-electron chi connectivity index (χ1n) is 10.3. The molecule has 8 heteroatoms. The number of carbonyl (C=O) groups excluding carboxylic acids is 1. The van der Waals surface area contributed by atoms with Crippen LogP contribution in [0.2, 0.25) is 0 Å². The highest BCUT2D eigenvalue weighted by Gasteiger charge is 2.30. The Labute approximate surface area is 168 Å². The molecule has 0 bridgehead atoms. The van der Waals surface area contributed by atoms with Gasteiger partial charge in [0.05, 0.1) is 23.7 Å². The molecule has 0 saturated heterocycles. The zero-order chi connectivity index (χ0) is 20.6. The summed E-state index contributed by atoms with van der Waals surface area (Å²) in [6, 6.07) is 3.47. The lowest BCUT2D eigenvalue weighted by molar-refractivity contribution is -0.120. The highest BCUT2D eigenvalue weighted by molar-refractivity contribution is 7.90. The number of rotatable bonds is 10. The largest absolute Gasteiger partial charge is 0.478 e. The van der Waals surface area contributed by atoms with E-state index in [1.807, 2.05) is 6.92 Å². The standard InChI is InChI=1S/C20H33N3O4S/c1-4-6-13-27-19-12-11-18(14-21-19)22-20(24)16-7-9-17(10-8-16)23-28(25,26)15(3)5-2/h11-12,14-17,23H,4-10,13H2,1-3H3,(H,22,24). The Bertz CT molecular complexity index is 713. The molecule has 1 saturated carbocycles. The molecule has 0 aliphatic heterocycles. The number of pyridine rings is 1. The van der Waals surface area contributed by atoms with Gasteiger partial charge < -0.3 is 10.1 Å². The number of unbranched alkanes of at least 4 members (excludes halogenated alkanes) is 1. The van der Waals surface area contributed by atoms with E-state index in [-0.39, 0.29) is 17.9 Å². The summed E-state index contributed by atoms with van der Waals surface area (Å²) in [6.45, 7) is 6.32. The van der Waals surface area contributed by atoms with Crippen molar-refractivity contribution in [3.63, 3.8) is 0 Å². The van der Waals surface area contributed by atoms with Gasteiger partial charge in [-0.2, -0.15) is 0 Å². The fourth-order valence-electron chi connectivity index (χ4n) is 3.15. The minimum atomic E-state index is -3.28. The lowest BCUT2D eigenvalue weighted by Gasteiger charge is -2.29. The van der Waals surface area contributed by atoms with Crippen LogP contribution < -0.4 is 14.8 Å². The van der Waals surface area contributed by atoms with Crippen molar-refractivity contribution in [2.45, 2.75) is 77.0 Å². The van der Waals surface area contributed by atoms with Crippen LogP contribution in [-0.2, 0) is 14.8 Å². The van der Waals surface area contributed by atoms with Crippen molar-refractivity contribution in [3.05, 3.63) is 18.3 Å². The molecule has 7 nitrogen and oxygen atoms in total. The number of amides is 1. The zero-order valence-corrected chi connectivity index (χ0v) is 17.9. The van der Waals surface area contributed by atoms with Gasteiger partial charge in [-0.3, -0.25) is 4.79 Å². The van der Waals surface area contributed by atoms with E-state index in [9.17, 15) is 13.2 Å². The van der Waals surface area contributed by atoms with Crippen LogP contribution in [0.25, 0.3) is 0 Å². The van der Waals surface area contributed by atoms with Gasteiger partial charge in [0, 0.05) is 18.0 Å². The molecule has 1 aromatic heterocycles. The Morgan fingerprint density at radius 1 is 1.25 bits per heavy atom. The average Bonchev–Trinajstić information content (AvgIpc) is 2.69. The van der Waals surface area contributed by atoms with E-state index in [0.717, 1.165) is 12.8 Å². The lowest BCUT2D eigenvalue weighted by atomic mass is 9.86. The topological polar surface area (TPSA) is 97.4 Å². The Morgan fingerprint density at radius 2 is 1.96 bits per heavy atom. The van der Waals surface area contributed by atoms with Crippen molar-refractivity contribution in [2.75, 3.05) is 11.9 Å². The second-order valence-electron chi connectivity index (χ2n) is 7.51. The van der Waals surface area contributed by atoms with E-state index in [1.165, 1.54) is 0 Å². The van der Waals surface area contributed by atoms with E-state index >= 15 is 0 Å². The molecular formula is C20H33N3O4S. The zero-order valence-electron chi connectivity index (χ0n) is 17.1. The molecule has 1 aliphatic rings. The van der Waals surface area contributed by atoms with Crippen molar-refractivity contribution >= 4 is 21.6 Å². The Hall–Kier alpha value is -1.67. The van der Waals surface area contributed by atoms with Gasteiger partial charge in [0.1, 0.15) is 0 Å². The first kappa shape index (κ1) is 22.6. The molecule has 1 aliphatic carbocycles. The average molecular weight is 412 g/mol. The Morgan fingerprint density at radius 3 is 2.54 bits per heavy atom. The van der Waals surface area contributed by atoms with E-state index in [2.05, 4.69) is 21.9 Å². The third-order valence-electron chi connectivity index (χ3n) is 5.29. The van der Waals surface area contributed by atoms with Crippen LogP contribution in [0.3, 0.4) is 0 Å². The number of aromatic nitrogens is 1. The number of sulfonamides is 1. The van der Waals surface area contributed by atoms with Gasteiger partial charge in [0.2, 0.25) is 21.8 Å². The Kier molecular flexibility index (Phi) is 8.69. The normalized spacial score (nSPS) is 21.1. The first-order valence-corrected chi connectivity index (χ1v) is 11.8. The van der Waals surface area contributed by atoms with Gasteiger partial charge in [0.15, 0.2) is 0 Å². The number of hydrogen-bond acceptors (Lipinski definition) is 5. The second-order valence-corrected chi connectivity index (χ2v) is 9.64. The maximum atomic E-state index is 12.5. The molecule has 0 aromatic carbocycles. The molecule has 158 valence electrons. The van der Waals surface area contributed by atoms with Crippen molar-refractivity contribution in [2.24, 2.45) is 5.92 Å². The highest BCUT2D eigenvalue weighted by atomic mass is 32.2. The first-order chi connectivity index (χ1) is 13.4.